The van der Waals surface area contributed by atoms with E-state index in [-0.39, 0.29) is 31.5 Å². The van der Waals surface area contributed by atoms with E-state index in [2.05, 4.69) is 160 Å². The number of hydrogen-bond acceptors (Lipinski definition) is 6. The quantitative estimate of drug-likeness (QED) is 0.0205. The number of likely N-dealkylation sites (N-methyl/N-ethyl adjacent to an activating group) is 1. The molecule has 0 radical (unpaired) electrons. The standard InChI is InChI=1S/C75H127N2O7P/c1-7-10-13-16-19-22-25-27-29-31-33-35-37-38-40-42-44-46-48-50-53-56-59-62-65-68-75(79)84-73(66-63-60-57-54-51-24-21-18-15-12-9-3)72(71-83-85(80,81)82-70-69-77(4,5)6)76-74(78)67-64-61-58-55-52-49-47-45-43-41-39-36-34-32-30-28-26-23-20-17-14-11-8-2/h10-11,13-14,19-20,22-23,27-30,33-36,38,40-41,43-44,46,63,66,72-73H,7-9,12,15-18,21,24-26,31-32,37,39,42,45,47-62,64-65,67-71H2,1-6H3,(H-,76,78,80,81)/p+1/b13-10-,14-11-,22-19-,23-20-,29-27-,30-28-,35-33-,36-34-,40-38-,43-41-,46-44-,66-63+. The number of hydrogen-bond donors (Lipinski definition) is 2. The average molecular weight is 1200 g/mol. The number of quaternary nitrogens is 1. The number of nitrogens with one attached hydrogen (secondary N) is 1. The molecule has 0 rings (SSSR count). The summed E-state index contributed by atoms with van der Waals surface area (Å²) in [5, 5.41) is 3.05. The Kier molecular flexibility index (Phi) is 59.9. The van der Waals surface area contributed by atoms with Crippen LogP contribution in [-0.4, -0.2) is 74.3 Å². The van der Waals surface area contributed by atoms with Gasteiger partial charge in [0.05, 0.1) is 33.8 Å². The molecule has 484 valence electrons. The molecule has 0 heterocycles. The maximum absolute atomic E-state index is 13.6. The highest BCUT2D eigenvalue weighted by Gasteiger charge is 2.30. The molecule has 0 aliphatic carbocycles. The van der Waals surface area contributed by atoms with E-state index in [0.29, 0.717) is 23.9 Å². The molecule has 0 saturated carbocycles. The number of ether oxygens (including phenoxy) is 1. The molecule has 0 saturated heterocycles. The molecule has 0 aromatic rings. The Morgan fingerprint density at radius 2 is 0.753 bits per heavy atom. The second-order valence-corrected chi connectivity index (χ2v) is 25.0. The fourth-order valence-electron chi connectivity index (χ4n) is 9.09. The third-order valence-electron chi connectivity index (χ3n) is 14.3. The molecular formula is C75H128N2O7P+. The van der Waals surface area contributed by atoms with E-state index >= 15 is 0 Å². The van der Waals surface area contributed by atoms with Crippen molar-refractivity contribution in [2.75, 3.05) is 40.9 Å². The Balaban J connectivity index is 5.16. The van der Waals surface area contributed by atoms with Crippen molar-refractivity contribution in [3.8, 4) is 0 Å². The molecule has 10 heteroatoms. The lowest BCUT2D eigenvalue weighted by atomic mass is 10.1. The van der Waals surface area contributed by atoms with E-state index in [1.165, 1.54) is 64.2 Å². The predicted octanol–water partition coefficient (Wildman–Crippen LogP) is 21.8. The van der Waals surface area contributed by atoms with Gasteiger partial charge in [0.25, 0.3) is 0 Å². The monoisotopic (exact) mass is 1200 g/mol. The number of phosphoric acid groups is 1. The summed E-state index contributed by atoms with van der Waals surface area (Å²) in [5.74, 6) is -0.544. The second-order valence-electron chi connectivity index (χ2n) is 23.6. The summed E-state index contributed by atoms with van der Waals surface area (Å²) in [6.45, 7) is 6.75. The molecule has 85 heavy (non-hydrogen) atoms. The van der Waals surface area contributed by atoms with Crippen molar-refractivity contribution in [3.63, 3.8) is 0 Å². The molecule has 3 unspecified atom stereocenters. The number of allylic oxidation sites excluding steroid dienone is 23. The largest absolute Gasteiger partial charge is 0.472 e. The van der Waals surface area contributed by atoms with Crippen LogP contribution < -0.4 is 5.32 Å². The number of phosphoric ester groups is 1. The van der Waals surface area contributed by atoms with Gasteiger partial charge in [-0.2, -0.15) is 0 Å². The molecule has 0 aromatic carbocycles. The Labute approximate surface area is 523 Å². The Morgan fingerprint density at radius 1 is 0.424 bits per heavy atom. The number of esters is 1. The van der Waals surface area contributed by atoms with Gasteiger partial charge in [0.15, 0.2) is 0 Å². The second kappa shape index (κ2) is 62.9. The minimum Gasteiger partial charge on any atom is -0.456 e. The molecule has 1 amide bonds. The molecule has 0 bridgehead atoms. The van der Waals surface area contributed by atoms with Crippen LogP contribution >= 0.6 is 7.82 Å². The molecule has 0 spiro atoms. The van der Waals surface area contributed by atoms with Gasteiger partial charge in [0.1, 0.15) is 19.3 Å². The van der Waals surface area contributed by atoms with Crippen LogP contribution in [0.4, 0.5) is 0 Å². The smallest absolute Gasteiger partial charge is 0.456 e. The number of nitrogens with zero attached hydrogens (tertiary/aromatic N) is 1. The highest BCUT2D eigenvalue weighted by Crippen LogP contribution is 2.43. The van der Waals surface area contributed by atoms with Crippen LogP contribution in [0.15, 0.2) is 146 Å². The SMILES string of the molecule is CC/C=C\C/C=C\C/C=C\C/C=C\C/C=C\C/C=C\CCCCCCCCC(=O)OC(/C=C/CCCCCCCCCCC)C(COP(=O)(O)OCC[N+](C)(C)C)NC(=O)CCCCCCCCC/C=C\C/C=C\C/C=C\C/C=C\C/C=C\CC. The molecule has 9 nitrogen and oxygen atoms in total. The zero-order valence-corrected chi connectivity index (χ0v) is 56.2. The van der Waals surface area contributed by atoms with E-state index in [1.807, 2.05) is 33.3 Å². The number of carbonyl (C=O) groups excluding carboxylic acids is 2. The number of unbranched alkanes of at least 4 members (excludes halogenated alkanes) is 22. The van der Waals surface area contributed by atoms with Gasteiger partial charge in [0, 0.05) is 12.8 Å². The van der Waals surface area contributed by atoms with Gasteiger partial charge in [-0.25, -0.2) is 4.57 Å². The predicted molar refractivity (Wildman–Crippen MR) is 369 cm³/mol. The van der Waals surface area contributed by atoms with E-state index in [9.17, 15) is 19.0 Å². The molecule has 0 aliphatic rings. The Hall–Kier alpha value is -4.11. The summed E-state index contributed by atoms with van der Waals surface area (Å²) in [6.07, 6.45) is 91.4. The highest BCUT2D eigenvalue weighted by atomic mass is 31.2. The fourth-order valence-corrected chi connectivity index (χ4v) is 9.82. The summed E-state index contributed by atoms with van der Waals surface area (Å²) in [7, 11) is 1.46. The third-order valence-corrected chi connectivity index (χ3v) is 15.3. The van der Waals surface area contributed by atoms with Crippen molar-refractivity contribution in [1.29, 1.82) is 0 Å². The van der Waals surface area contributed by atoms with Crippen molar-refractivity contribution in [2.45, 2.75) is 277 Å². The summed E-state index contributed by atoms with van der Waals surface area (Å²) >= 11 is 0. The first-order valence-electron chi connectivity index (χ1n) is 34.2. The first-order chi connectivity index (χ1) is 41.4. The first-order valence-corrected chi connectivity index (χ1v) is 35.7. The molecule has 2 N–H and O–H groups in total. The van der Waals surface area contributed by atoms with Gasteiger partial charge in [-0.15, -0.1) is 0 Å². The zero-order valence-electron chi connectivity index (χ0n) is 55.3. The van der Waals surface area contributed by atoms with Crippen LogP contribution in [-0.2, 0) is 27.9 Å². The van der Waals surface area contributed by atoms with Crippen LogP contribution in [0.25, 0.3) is 0 Å². The lowest BCUT2D eigenvalue weighted by Gasteiger charge is -2.27. The van der Waals surface area contributed by atoms with Crippen molar-refractivity contribution in [1.82, 2.24) is 5.32 Å². The maximum Gasteiger partial charge on any atom is 0.472 e. The summed E-state index contributed by atoms with van der Waals surface area (Å²) in [5.41, 5.74) is 0. The highest BCUT2D eigenvalue weighted by molar-refractivity contribution is 7.47. The third kappa shape index (κ3) is 64.2. The molecule has 0 fully saturated rings. The van der Waals surface area contributed by atoms with E-state index < -0.39 is 20.0 Å². The minimum atomic E-state index is -4.47. The van der Waals surface area contributed by atoms with Crippen molar-refractivity contribution in [3.05, 3.63) is 146 Å². The minimum absolute atomic E-state index is 0.0269. The van der Waals surface area contributed by atoms with Gasteiger partial charge in [0.2, 0.25) is 5.91 Å². The number of amides is 1. The lowest BCUT2D eigenvalue weighted by molar-refractivity contribution is -0.870. The average Bonchev–Trinajstić information content (AvgIpc) is 3.58. The van der Waals surface area contributed by atoms with E-state index in [0.717, 1.165) is 161 Å². The molecular weight excluding hydrogens is 1070 g/mol. The lowest BCUT2D eigenvalue weighted by Crippen LogP contribution is -2.47. The molecule has 0 aromatic heterocycles. The number of rotatable bonds is 60. The van der Waals surface area contributed by atoms with Gasteiger partial charge in [-0.05, 0) is 128 Å². The topological polar surface area (TPSA) is 111 Å². The van der Waals surface area contributed by atoms with Crippen LogP contribution in [0.3, 0.4) is 0 Å². The maximum atomic E-state index is 13.6. The van der Waals surface area contributed by atoms with Crippen LogP contribution in [0.5, 0.6) is 0 Å². The van der Waals surface area contributed by atoms with Gasteiger partial charge >= 0.3 is 13.8 Å². The van der Waals surface area contributed by atoms with Gasteiger partial charge in [-0.1, -0.05) is 270 Å². The molecule has 0 aliphatic heterocycles. The van der Waals surface area contributed by atoms with Crippen LogP contribution in [0.1, 0.15) is 265 Å². The first kappa shape index (κ1) is 80.9. The van der Waals surface area contributed by atoms with Crippen LogP contribution in [0, 0.1) is 0 Å². The fraction of sp³-hybridized carbons (Fsp3) is 0.653. The Morgan fingerprint density at radius 3 is 1.13 bits per heavy atom. The zero-order chi connectivity index (χ0) is 62.1. The van der Waals surface area contributed by atoms with Crippen molar-refractivity contribution >= 4 is 19.7 Å². The summed E-state index contributed by atoms with van der Waals surface area (Å²) < 4.78 is 30.8. The summed E-state index contributed by atoms with van der Waals surface area (Å²) in [4.78, 5) is 37.9. The molecule has 3 atom stereocenters. The summed E-state index contributed by atoms with van der Waals surface area (Å²) in [6, 6.07) is -0.873. The van der Waals surface area contributed by atoms with Crippen LogP contribution in [0.2, 0.25) is 0 Å². The van der Waals surface area contributed by atoms with Crippen molar-refractivity contribution in [2.24, 2.45) is 0 Å². The van der Waals surface area contributed by atoms with E-state index in [1.54, 1.807) is 0 Å². The van der Waals surface area contributed by atoms with Crippen molar-refractivity contribution < 1.29 is 37.3 Å². The van der Waals surface area contributed by atoms with Gasteiger partial charge in [-0.3, -0.25) is 18.6 Å². The Bertz CT molecular complexity index is 1960. The normalized spacial score (nSPS) is 14.5. The van der Waals surface area contributed by atoms with Gasteiger partial charge < -0.3 is 19.4 Å². The number of carbonyl (C=O) groups is 2. The van der Waals surface area contributed by atoms with E-state index in [4.69, 9.17) is 13.8 Å².